The summed E-state index contributed by atoms with van der Waals surface area (Å²) >= 11 is 0. The maximum atomic E-state index is 11.2. The topological polar surface area (TPSA) is 60.0 Å². The molecule has 1 spiro atoms. The maximum Gasteiger partial charge on any atom is 0.407 e. The van der Waals surface area contributed by atoms with E-state index in [0.717, 1.165) is 44.0 Å². The number of hydrogen-bond donors (Lipinski definition) is 1. The fourth-order valence-electron chi connectivity index (χ4n) is 2.99. The average Bonchev–Trinajstić information content (AvgIpc) is 2.91. The number of methoxy groups -OCH3 is 1. The van der Waals surface area contributed by atoms with Gasteiger partial charge in [0.25, 0.3) is 0 Å². The molecule has 0 saturated carbocycles. The monoisotopic (exact) mass is 306 g/mol. The molecule has 1 aromatic carbocycles. The first-order valence-electron chi connectivity index (χ1n) is 7.66. The number of likely N-dealkylation sites (tertiary alicyclic amines) is 1. The first-order valence-corrected chi connectivity index (χ1v) is 7.66. The minimum atomic E-state index is -0.284. The number of amides is 1. The van der Waals surface area contributed by atoms with Gasteiger partial charge in [-0.1, -0.05) is 12.1 Å². The van der Waals surface area contributed by atoms with E-state index in [2.05, 4.69) is 10.2 Å². The van der Waals surface area contributed by atoms with Gasteiger partial charge in [0.05, 0.1) is 13.7 Å². The minimum Gasteiger partial charge on any atom is -0.493 e. The summed E-state index contributed by atoms with van der Waals surface area (Å²) in [6.07, 6.45) is 1.47. The molecule has 0 bridgehead atoms. The zero-order valence-electron chi connectivity index (χ0n) is 12.8. The van der Waals surface area contributed by atoms with Crippen LogP contribution in [0.5, 0.6) is 11.5 Å². The highest BCUT2D eigenvalue weighted by Crippen LogP contribution is 2.29. The highest BCUT2D eigenvalue weighted by atomic mass is 16.6. The van der Waals surface area contributed by atoms with Crippen LogP contribution in [0.4, 0.5) is 4.79 Å². The summed E-state index contributed by atoms with van der Waals surface area (Å²) in [6, 6.07) is 7.66. The Labute approximate surface area is 130 Å². The molecule has 6 heteroatoms. The fraction of sp³-hybridized carbons (Fsp3) is 0.562. The van der Waals surface area contributed by atoms with E-state index in [-0.39, 0.29) is 11.7 Å². The predicted molar refractivity (Wildman–Crippen MR) is 81.4 cm³/mol. The first-order chi connectivity index (χ1) is 10.7. The van der Waals surface area contributed by atoms with E-state index in [4.69, 9.17) is 14.2 Å². The molecule has 2 saturated heterocycles. The lowest BCUT2D eigenvalue weighted by Gasteiger charge is -2.37. The Hall–Kier alpha value is -1.95. The Morgan fingerprint density at radius 1 is 1.27 bits per heavy atom. The zero-order chi connectivity index (χ0) is 15.4. The number of ether oxygens (including phenoxy) is 3. The van der Waals surface area contributed by atoms with Crippen LogP contribution < -0.4 is 14.8 Å². The summed E-state index contributed by atoms with van der Waals surface area (Å²) in [5, 5.41) is 2.75. The molecule has 3 rings (SSSR count). The molecule has 22 heavy (non-hydrogen) atoms. The van der Waals surface area contributed by atoms with E-state index >= 15 is 0 Å². The summed E-state index contributed by atoms with van der Waals surface area (Å²) in [7, 11) is 1.64. The molecule has 1 N–H and O–H groups in total. The van der Waals surface area contributed by atoms with Gasteiger partial charge in [0.2, 0.25) is 0 Å². The number of hydrogen-bond acceptors (Lipinski definition) is 5. The molecule has 6 nitrogen and oxygen atoms in total. The SMILES string of the molecule is COc1ccccc1OCCN1CCC2(CC1)CNC(=O)O2. The number of carbonyl (C=O) groups excluding carboxylic acids is 1. The van der Waals surface area contributed by atoms with E-state index in [1.807, 2.05) is 24.3 Å². The van der Waals surface area contributed by atoms with Crippen LogP contribution in [0.2, 0.25) is 0 Å². The number of nitrogens with one attached hydrogen (secondary N) is 1. The van der Waals surface area contributed by atoms with E-state index in [0.29, 0.717) is 13.2 Å². The first kappa shape index (κ1) is 15.0. The Morgan fingerprint density at radius 2 is 2.00 bits per heavy atom. The van der Waals surface area contributed by atoms with Crippen molar-refractivity contribution in [3.05, 3.63) is 24.3 Å². The van der Waals surface area contributed by atoms with E-state index < -0.39 is 0 Å². The van der Waals surface area contributed by atoms with E-state index in [1.54, 1.807) is 7.11 Å². The van der Waals surface area contributed by atoms with Gasteiger partial charge >= 0.3 is 6.09 Å². The molecule has 2 fully saturated rings. The van der Waals surface area contributed by atoms with Crippen LogP contribution >= 0.6 is 0 Å². The normalized spacial score (nSPS) is 20.5. The van der Waals surface area contributed by atoms with Crippen LogP contribution in [0, 0.1) is 0 Å². The van der Waals surface area contributed by atoms with Gasteiger partial charge < -0.3 is 19.5 Å². The van der Waals surface area contributed by atoms with Crippen LogP contribution in [0.25, 0.3) is 0 Å². The Balaban J connectivity index is 1.43. The quantitative estimate of drug-likeness (QED) is 0.896. The minimum absolute atomic E-state index is 0.281. The molecule has 2 heterocycles. The lowest BCUT2D eigenvalue weighted by atomic mass is 9.92. The van der Waals surface area contributed by atoms with Gasteiger partial charge in [0, 0.05) is 32.5 Å². The molecular weight excluding hydrogens is 284 g/mol. The van der Waals surface area contributed by atoms with Crippen molar-refractivity contribution >= 4 is 6.09 Å². The number of rotatable bonds is 5. The third-order valence-electron chi connectivity index (χ3n) is 4.37. The molecule has 1 amide bonds. The van der Waals surface area contributed by atoms with Gasteiger partial charge in [-0.25, -0.2) is 4.79 Å². The van der Waals surface area contributed by atoms with Gasteiger partial charge in [0.1, 0.15) is 12.2 Å². The number of alkyl carbamates (subject to hydrolysis) is 1. The summed E-state index contributed by atoms with van der Waals surface area (Å²) in [6.45, 7) is 3.95. The highest BCUT2D eigenvalue weighted by Gasteiger charge is 2.42. The van der Waals surface area contributed by atoms with Gasteiger partial charge in [-0.05, 0) is 12.1 Å². The lowest BCUT2D eigenvalue weighted by molar-refractivity contribution is -0.00151. The largest absolute Gasteiger partial charge is 0.493 e. The van der Waals surface area contributed by atoms with Crippen LogP contribution in [-0.2, 0) is 4.74 Å². The Morgan fingerprint density at radius 3 is 2.64 bits per heavy atom. The number of nitrogens with zero attached hydrogens (tertiary/aromatic N) is 1. The van der Waals surface area contributed by atoms with Crippen molar-refractivity contribution in [3.63, 3.8) is 0 Å². The summed E-state index contributed by atoms with van der Waals surface area (Å²) in [5.41, 5.74) is -0.281. The predicted octanol–water partition coefficient (Wildman–Crippen LogP) is 1.65. The molecule has 2 aliphatic rings. The van der Waals surface area contributed by atoms with Crippen molar-refractivity contribution in [3.8, 4) is 11.5 Å². The van der Waals surface area contributed by atoms with Crippen molar-refractivity contribution in [2.45, 2.75) is 18.4 Å². The highest BCUT2D eigenvalue weighted by molar-refractivity contribution is 5.70. The summed E-state index contributed by atoms with van der Waals surface area (Å²) < 4.78 is 16.5. The van der Waals surface area contributed by atoms with Gasteiger partial charge in [0.15, 0.2) is 11.5 Å². The summed E-state index contributed by atoms with van der Waals surface area (Å²) in [5.74, 6) is 1.52. The molecule has 0 aromatic heterocycles. The second-order valence-electron chi connectivity index (χ2n) is 5.77. The zero-order valence-corrected chi connectivity index (χ0v) is 12.8. The number of carbonyl (C=O) groups is 1. The number of benzene rings is 1. The van der Waals surface area contributed by atoms with Crippen molar-refractivity contribution in [2.24, 2.45) is 0 Å². The van der Waals surface area contributed by atoms with Crippen LogP contribution in [0.1, 0.15) is 12.8 Å². The van der Waals surface area contributed by atoms with E-state index in [9.17, 15) is 4.79 Å². The molecule has 1 aromatic rings. The van der Waals surface area contributed by atoms with Crippen molar-refractivity contribution in [2.75, 3.05) is 39.9 Å². The van der Waals surface area contributed by atoms with Crippen molar-refractivity contribution in [1.29, 1.82) is 0 Å². The third-order valence-corrected chi connectivity index (χ3v) is 4.37. The molecule has 2 aliphatic heterocycles. The Kier molecular flexibility index (Phi) is 4.38. The smallest absolute Gasteiger partial charge is 0.407 e. The maximum absolute atomic E-state index is 11.2. The molecule has 0 atom stereocenters. The van der Waals surface area contributed by atoms with Crippen LogP contribution in [0.15, 0.2) is 24.3 Å². The Bertz CT molecular complexity index is 527. The third kappa shape index (κ3) is 3.27. The molecular formula is C16H22N2O4. The molecule has 0 aliphatic carbocycles. The number of piperidine rings is 1. The molecule has 0 unspecified atom stereocenters. The molecule has 120 valence electrons. The van der Waals surface area contributed by atoms with Crippen molar-refractivity contribution in [1.82, 2.24) is 10.2 Å². The average molecular weight is 306 g/mol. The van der Waals surface area contributed by atoms with Crippen LogP contribution in [0.3, 0.4) is 0 Å². The van der Waals surface area contributed by atoms with E-state index in [1.165, 1.54) is 0 Å². The van der Waals surface area contributed by atoms with Crippen molar-refractivity contribution < 1.29 is 19.0 Å². The van der Waals surface area contributed by atoms with Gasteiger partial charge in [-0.3, -0.25) is 4.90 Å². The van der Waals surface area contributed by atoms with Gasteiger partial charge in [-0.15, -0.1) is 0 Å². The summed E-state index contributed by atoms with van der Waals surface area (Å²) in [4.78, 5) is 13.5. The lowest BCUT2D eigenvalue weighted by Crippen LogP contribution is -2.47. The van der Waals surface area contributed by atoms with Crippen LogP contribution in [-0.4, -0.2) is 56.5 Å². The second kappa shape index (κ2) is 6.44. The fourth-order valence-corrected chi connectivity index (χ4v) is 2.99. The van der Waals surface area contributed by atoms with Gasteiger partial charge in [-0.2, -0.15) is 0 Å². The molecule has 0 radical (unpaired) electrons. The standard InChI is InChI=1S/C16H22N2O4/c1-20-13-4-2-3-5-14(13)21-11-10-18-8-6-16(7-9-18)12-17-15(19)22-16/h2-5H,6-12H2,1H3,(H,17,19). The number of para-hydroxylation sites is 2. The second-order valence-corrected chi connectivity index (χ2v) is 5.77.